The molecule has 0 saturated carbocycles. The third-order valence-corrected chi connectivity index (χ3v) is 3.04. The second kappa shape index (κ2) is 5.54. The molecular weight excluding hydrogens is 255 g/mol. The van der Waals surface area contributed by atoms with E-state index >= 15 is 0 Å². The van der Waals surface area contributed by atoms with Gasteiger partial charge in [-0.1, -0.05) is 11.6 Å². The Balaban J connectivity index is 2.32. The van der Waals surface area contributed by atoms with Crippen molar-refractivity contribution in [1.29, 1.82) is 5.26 Å². The Bertz CT molecular complexity index is 687. The number of rotatable bonds is 2. The molecule has 0 aliphatic carbocycles. The van der Waals surface area contributed by atoms with Gasteiger partial charge in [0.25, 0.3) is 5.91 Å². The van der Waals surface area contributed by atoms with E-state index in [2.05, 4.69) is 0 Å². The van der Waals surface area contributed by atoms with Gasteiger partial charge in [0.15, 0.2) is 0 Å². The van der Waals surface area contributed by atoms with Crippen LogP contribution in [-0.4, -0.2) is 13.0 Å². The summed E-state index contributed by atoms with van der Waals surface area (Å²) >= 11 is 0. The first-order valence-electron chi connectivity index (χ1n) is 6.07. The first kappa shape index (κ1) is 13.8. The van der Waals surface area contributed by atoms with Crippen molar-refractivity contribution in [2.24, 2.45) is 0 Å². The van der Waals surface area contributed by atoms with Crippen LogP contribution in [0.1, 0.15) is 21.5 Å². The highest BCUT2D eigenvalue weighted by molar-refractivity contribution is 6.06. The smallest absolute Gasteiger partial charge is 0.260 e. The molecule has 0 spiro atoms. The number of nitriles is 1. The molecule has 3 nitrogen and oxygen atoms in total. The molecule has 1 amide bonds. The summed E-state index contributed by atoms with van der Waals surface area (Å²) in [5.41, 5.74) is 1.98. The maximum Gasteiger partial charge on any atom is 0.260 e. The predicted octanol–water partition coefficient (Wildman–Crippen LogP) is 3.28. The molecule has 0 bridgehead atoms. The molecule has 0 unspecified atom stereocenters. The van der Waals surface area contributed by atoms with Crippen LogP contribution in [0.4, 0.5) is 10.1 Å². The summed E-state index contributed by atoms with van der Waals surface area (Å²) in [5, 5.41) is 8.74. The highest BCUT2D eigenvalue weighted by Gasteiger charge is 2.17. The molecule has 0 aliphatic heterocycles. The third kappa shape index (κ3) is 2.67. The van der Waals surface area contributed by atoms with Crippen LogP contribution in [0.3, 0.4) is 0 Å². The number of carbonyl (C=O) groups is 1. The van der Waals surface area contributed by atoms with Gasteiger partial charge in [0.1, 0.15) is 5.82 Å². The number of benzene rings is 2. The average Bonchev–Trinajstić information content (AvgIpc) is 2.48. The minimum atomic E-state index is -0.541. The Morgan fingerprint density at radius 1 is 1.20 bits per heavy atom. The second-order valence-corrected chi connectivity index (χ2v) is 4.51. The Morgan fingerprint density at radius 3 is 2.45 bits per heavy atom. The van der Waals surface area contributed by atoms with Crippen LogP contribution in [0.25, 0.3) is 0 Å². The van der Waals surface area contributed by atoms with Crippen molar-refractivity contribution in [3.05, 3.63) is 65.0 Å². The van der Waals surface area contributed by atoms with E-state index in [9.17, 15) is 9.18 Å². The van der Waals surface area contributed by atoms with Crippen LogP contribution < -0.4 is 4.90 Å². The first-order chi connectivity index (χ1) is 9.52. The number of aryl methyl sites for hydroxylation is 1. The van der Waals surface area contributed by atoms with E-state index in [0.717, 1.165) is 5.56 Å². The van der Waals surface area contributed by atoms with E-state index in [0.29, 0.717) is 11.3 Å². The van der Waals surface area contributed by atoms with Gasteiger partial charge in [0.2, 0.25) is 0 Å². The zero-order valence-electron chi connectivity index (χ0n) is 11.2. The summed E-state index contributed by atoms with van der Waals surface area (Å²) in [5.74, 6) is -0.961. The number of hydrogen-bond acceptors (Lipinski definition) is 2. The van der Waals surface area contributed by atoms with Gasteiger partial charge in [-0.2, -0.15) is 5.26 Å². The largest absolute Gasteiger partial charge is 0.311 e. The Labute approximate surface area is 116 Å². The van der Waals surface area contributed by atoms with E-state index in [1.807, 2.05) is 6.07 Å². The summed E-state index contributed by atoms with van der Waals surface area (Å²) in [6.07, 6.45) is 0. The summed E-state index contributed by atoms with van der Waals surface area (Å²) in [7, 11) is 1.57. The number of anilines is 1. The molecule has 2 aromatic carbocycles. The Hall–Kier alpha value is -2.67. The Kier molecular flexibility index (Phi) is 3.81. The van der Waals surface area contributed by atoms with Crippen molar-refractivity contribution in [3.63, 3.8) is 0 Å². The fraction of sp³-hybridized carbons (Fsp3) is 0.125. The van der Waals surface area contributed by atoms with Gasteiger partial charge < -0.3 is 4.90 Å². The van der Waals surface area contributed by atoms with Gasteiger partial charge in [0, 0.05) is 12.7 Å². The lowest BCUT2D eigenvalue weighted by atomic mass is 10.1. The molecule has 4 heteroatoms. The van der Waals surface area contributed by atoms with Crippen LogP contribution in [0.2, 0.25) is 0 Å². The zero-order chi connectivity index (χ0) is 14.7. The predicted molar refractivity (Wildman–Crippen MR) is 75.0 cm³/mol. The Morgan fingerprint density at radius 2 is 1.85 bits per heavy atom. The van der Waals surface area contributed by atoms with Gasteiger partial charge in [-0.15, -0.1) is 0 Å². The lowest BCUT2D eigenvalue weighted by Gasteiger charge is -2.18. The topological polar surface area (TPSA) is 44.1 Å². The number of amides is 1. The van der Waals surface area contributed by atoms with Gasteiger partial charge >= 0.3 is 0 Å². The van der Waals surface area contributed by atoms with E-state index in [-0.39, 0.29) is 5.56 Å². The lowest BCUT2D eigenvalue weighted by Crippen LogP contribution is -2.27. The molecule has 0 saturated heterocycles. The summed E-state index contributed by atoms with van der Waals surface area (Å²) < 4.78 is 13.7. The molecule has 2 aromatic rings. The molecule has 0 aliphatic rings. The van der Waals surface area contributed by atoms with Crippen LogP contribution in [-0.2, 0) is 0 Å². The van der Waals surface area contributed by atoms with Gasteiger partial charge in [-0.05, 0) is 43.3 Å². The van der Waals surface area contributed by atoms with Crippen LogP contribution >= 0.6 is 0 Å². The average molecular weight is 268 g/mol. The van der Waals surface area contributed by atoms with Crippen molar-refractivity contribution < 1.29 is 9.18 Å². The third-order valence-electron chi connectivity index (χ3n) is 3.04. The standard InChI is InChI=1S/C16H13FN2O/c1-11-3-8-15(17)14(9-11)16(20)19(2)13-6-4-12(10-18)5-7-13/h3-9H,1-2H3. The van der Waals surface area contributed by atoms with Crippen molar-refractivity contribution in [2.75, 3.05) is 11.9 Å². The van der Waals surface area contributed by atoms with E-state index in [1.54, 1.807) is 44.3 Å². The lowest BCUT2D eigenvalue weighted by molar-refractivity contribution is 0.0989. The zero-order valence-corrected chi connectivity index (χ0v) is 11.2. The molecule has 0 atom stereocenters. The first-order valence-corrected chi connectivity index (χ1v) is 6.07. The highest BCUT2D eigenvalue weighted by atomic mass is 19.1. The molecule has 2 rings (SSSR count). The molecule has 100 valence electrons. The van der Waals surface area contributed by atoms with E-state index < -0.39 is 11.7 Å². The molecule has 0 aromatic heterocycles. The summed E-state index contributed by atoms with van der Waals surface area (Å²) in [6, 6.07) is 13.0. The van der Waals surface area contributed by atoms with Crippen LogP contribution in [0, 0.1) is 24.1 Å². The second-order valence-electron chi connectivity index (χ2n) is 4.51. The van der Waals surface area contributed by atoms with Crippen molar-refractivity contribution in [1.82, 2.24) is 0 Å². The minimum Gasteiger partial charge on any atom is -0.311 e. The fourth-order valence-corrected chi connectivity index (χ4v) is 1.86. The number of hydrogen-bond donors (Lipinski definition) is 0. The van der Waals surface area contributed by atoms with Gasteiger partial charge in [-0.25, -0.2) is 4.39 Å². The van der Waals surface area contributed by atoms with Crippen LogP contribution in [0.15, 0.2) is 42.5 Å². The molecule has 0 fully saturated rings. The molecule has 20 heavy (non-hydrogen) atoms. The van der Waals surface area contributed by atoms with Crippen molar-refractivity contribution >= 4 is 11.6 Å². The molecular formula is C16H13FN2O. The maximum atomic E-state index is 13.7. The van der Waals surface area contributed by atoms with E-state index in [4.69, 9.17) is 5.26 Å². The SMILES string of the molecule is Cc1ccc(F)c(C(=O)N(C)c2ccc(C#N)cc2)c1. The summed E-state index contributed by atoms with van der Waals surface area (Å²) in [4.78, 5) is 13.7. The highest BCUT2D eigenvalue weighted by Crippen LogP contribution is 2.18. The molecule has 0 N–H and O–H groups in total. The quantitative estimate of drug-likeness (QED) is 0.839. The number of halogens is 1. The minimum absolute atomic E-state index is 0.0388. The van der Waals surface area contributed by atoms with Crippen molar-refractivity contribution in [2.45, 2.75) is 6.92 Å². The van der Waals surface area contributed by atoms with E-state index in [1.165, 1.54) is 17.0 Å². The van der Waals surface area contributed by atoms with Gasteiger partial charge in [-0.3, -0.25) is 4.79 Å². The summed E-state index contributed by atoms with van der Waals surface area (Å²) in [6.45, 7) is 1.80. The fourth-order valence-electron chi connectivity index (χ4n) is 1.86. The monoisotopic (exact) mass is 268 g/mol. The molecule has 0 radical (unpaired) electrons. The number of nitrogens with zero attached hydrogens (tertiary/aromatic N) is 2. The number of carbonyl (C=O) groups excluding carboxylic acids is 1. The normalized spacial score (nSPS) is 9.90. The van der Waals surface area contributed by atoms with Gasteiger partial charge in [0.05, 0.1) is 17.2 Å². The van der Waals surface area contributed by atoms with Crippen molar-refractivity contribution in [3.8, 4) is 6.07 Å². The molecule has 0 heterocycles. The van der Waals surface area contributed by atoms with Crippen LogP contribution in [0.5, 0.6) is 0 Å². The maximum absolute atomic E-state index is 13.7.